The first-order chi connectivity index (χ1) is 21.2. The molecule has 0 spiro atoms. The van der Waals surface area contributed by atoms with Crippen LogP contribution in [-0.2, 0) is 0 Å². The first-order valence-corrected chi connectivity index (χ1v) is 13.8. The summed E-state index contributed by atoms with van der Waals surface area (Å²) in [5, 5.41) is 12.5. The molecule has 0 amide bonds. The van der Waals surface area contributed by atoms with Crippen LogP contribution in [0.25, 0.3) is 70.6 Å². The van der Waals surface area contributed by atoms with Gasteiger partial charge in [-0.2, -0.15) is 5.26 Å². The number of aromatic nitrogens is 1. The standard InChI is InChI=1S/C39H22N4/c1-41-30-18-19-39-36(24-30)35-14-6-7-17-38(35)43(39)32-22-29(21-31(23-32)42-2)34-16-9-15-33(37(34)25-40)28-13-8-12-27(20-28)26-10-4-3-5-11-26/h3-24H. The van der Waals surface area contributed by atoms with Crippen molar-refractivity contribution in [2.24, 2.45) is 0 Å². The number of hydrogen-bond donors (Lipinski definition) is 0. The molecule has 7 rings (SSSR count). The van der Waals surface area contributed by atoms with Crippen molar-refractivity contribution < 1.29 is 0 Å². The minimum absolute atomic E-state index is 0.483. The molecular weight excluding hydrogens is 524 g/mol. The van der Waals surface area contributed by atoms with E-state index in [1.54, 1.807) is 0 Å². The Kier molecular flexibility index (Phi) is 6.26. The highest BCUT2D eigenvalue weighted by Gasteiger charge is 2.17. The van der Waals surface area contributed by atoms with Crippen LogP contribution in [0.2, 0.25) is 0 Å². The number of benzene rings is 6. The minimum Gasteiger partial charge on any atom is -0.311 e. The van der Waals surface area contributed by atoms with Gasteiger partial charge in [-0.25, -0.2) is 9.69 Å². The summed E-state index contributed by atoms with van der Waals surface area (Å²) in [6.07, 6.45) is 0. The Bertz CT molecular complexity index is 2320. The number of nitriles is 1. The summed E-state index contributed by atoms with van der Waals surface area (Å²) >= 11 is 0. The Hall–Kier alpha value is -6.41. The quantitative estimate of drug-likeness (QED) is 0.202. The van der Waals surface area contributed by atoms with Gasteiger partial charge in [0.05, 0.1) is 29.7 Å². The summed E-state index contributed by atoms with van der Waals surface area (Å²) in [5.41, 5.74) is 9.95. The van der Waals surface area contributed by atoms with E-state index in [1.165, 1.54) is 0 Å². The molecule has 1 aromatic heterocycles. The predicted octanol–water partition coefficient (Wildman–Crippen LogP) is 10.8. The molecule has 0 aliphatic carbocycles. The van der Waals surface area contributed by atoms with Crippen LogP contribution in [0, 0.1) is 24.5 Å². The van der Waals surface area contributed by atoms with Crippen LogP contribution in [0.1, 0.15) is 5.56 Å². The molecule has 0 radical (unpaired) electrons. The molecule has 0 aliphatic heterocycles. The zero-order valence-corrected chi connectivity index (χ0v) is 23.0. The zero-order valence-electron chi connectivity index (χ0n) is 23.0. The lowest BCUT2D eigenvalue weighted by Gasteiger charge is -2.14. The van der Waals surface area contributed by atoms with Crippen LogP contribution in [0.3, 0.4) is 0 Å². The van der Waals surface area contributed by atoms with E-state index in [-0.39, 0.29) is 0 Å². The molecule has 0 saturated heterocycles. The highest BCUT2D eigenvalue weighted by molar-refractivity contribution is 6.10. The molecule has 0 unspecified atom stereocenters. The normalized spacial score (nSPS) is 10.7. The Labute approximate surface area is 249 Å². The molecule has 0 aliphatic rings. The lowest BCUT2D eigenvalue weighted by molar-refractivity contribution is 1.18. The molecule has 4 nitrogen and oxygen atoms in total. The minimum atomic E-state index is 0.483. The van der Waals surface area contributed by atoms with Crippen molar-refractivity contribution in [3.8, 4) is 45.1 Å². The predicted molar refractivity (Wildman–Crippen MR) is 174 cm³/mol. The van der Waals surface area contributed by atoms with Gasteiger partial charge in [0.2, 0.25) is 0 Å². The first-order valence-electron chi connectivity index (χ1n) is 13.8. The Morgan fingerprint density at radius 3 is 1.98 bits per heavy atom. The molecule has 6 aromatic carbocycles. The molecule has 0 N–H and O–H groups in total. The largest absolute Gasteiger partial charge is 0.311 e. The summed E-state index contributed by atoms with van der Waals surface area (Å²) in [6, 6.07) is 46.4. The van der Waals surface area contributed by atoms with Gasteiger partial charge in [0.15, 0.2) is 11.4 Å². The highest BCUT2D eigenvalue weighted by atomic mass is 15.0. The summed E-state index contributed by atoms with van der Waals surface area (Å²) < 4.78 is 2.13. The van der Waals surface area contributed by atoms with E-state index in [1.807, 2.05) is 97.1 Å². The van der Waals surface area contributed by atoms with Crippen LogP contribution in [0.5, 0.6) is 0 Å². The fourth-order valence-corrected chi connectivity index (χ4v) is 5.90. The highest BCUT2D eigenvalue weighted by Crippen LogP contribution is 2.39. The van der Waals surface area contributed by atoms with Crippen molar-refractivity contribution in [1.82, 2.24) is 4.57 Å². The van der Waals surface area contributed by atoms with Crippen molar-refractivity contribution in [3.05, 3.63) is 162 Å². The number of nitrogens with zero attached hydrogens (tertiary/aromatic N) is 4. The third kappa shape index (κ3) is 4.39. The fourth-order valence-electron chi connectivity index (χ4n) is 5.90. The zero-order chi connectivity index (χ0) is 29.3. The van der Waals surface area contributed by atoms with E-state index in [0.717, 1.165) is 60.9 Å². The van der Waals surface area contributed by atoms with E-state index in [9.17, 15) is 5.26 Å². The molecule has 7 aromatic rings. The van der Waals surface area contributed by atoms with Crippen LogP contribution < -0.4 is 0 Å². The molecule has 43 heavy (non-hydrogen) atoms. The van der Waals surface area contributed by atoms with Gasteiger partial charge in [0.1, 0.15) is 6.07 Å². The Morgan fingerprint density at radius 2 is 1.19 bits per heavy atom. The van der Waals surface area contributed by atoms with Crippen LogP contribution >= 0.6 is 0 Å². The maximum atomic E-state index is 10.5. The molecular formula is C39H22N4. The molecule has 4 heteroatoms. The van der Waals surface area contributed by atoms with Crippen molar-refractivity contribution in [3.63, 3.8) is 0 Å². The average molecular weight is 547 g/mol. The molecule has 0 saturated carbocycles. The van der Waals surface area contributed by atoms with Gasteiger partial charge in [-0.1, -0.05) is 91.0 Å². The second kappa shape index (κ2) is 10.5. The third-order valence-electron chi connectivity index (χ3n) is 7.84. The van der Waals surface area contributed by atoms with Crippen molar-refractivity contribution in [2.75, 3.05) is 0 Å². The maximum absolute atomic E-state index is 10.5. The molecule has 0 atom stereocenters. The lowest BCUT2D eigenvalue weighted by atomic mass is 9.91. The van der Waals surface area contributed by atoms with Gasteiger partial charge in [-0.15, -0.1) is 0 Å². The number of para-hydroxylation sites is 1. The Morgan fingerprint density at radius 1 is 0.512 bits per heavy atom. The van der Waals surface area contributed by atoms with Gasteiger partial charge >= 0.3 is 0 Å². The first kappa shape index (κ1) is 25.6. The fraction of sp³-hybridized carbons (Fsp3) is 0. The maximum Gasteiger partial charge on any atom is 0.189 e. The molecule has 198 valence electrons. The molecule has 0 fully saturated rings. The van der Waals surface area contributed by atoms with E-state index >= 15 is 0 Å². The van der Waals surface area contributed by atoms with E-state index in [2.05, 4.69) is 56.7 Å². The van der Waals surface area contributed by atoms with E-state index in [0.29, 0.717) is 16.9 Å². The summed E-state index contributed by atoms with van der Waals surface area (Å²) in [6.45, 7) is 15.4. The number of rotatable bonds is 4. The van der Waals surface area contributed by atoms with Crippen LogP contribution in [0.4, 0.5) is 11.4 Å². The summed E-state index contributed by atoms with van der Waals surface area (Å²) in [5.74, 6) is 0. The monoisotopic (exact) mass is 546 g/mol. The van der Waals surface area contributed by atoms with Crippen LogP contribution in [-0.4, -0.2) is 4.57 Å². The van der Waals surface area contributed by atoms with Crippen LogP contribution in [0.15, 0.2) is 133 Å². The number of hydrogen-bond acceptors (Lipinski definition) is 1. The smallest absolute Gasteiger partial charge is 0.189 e. The second-order valence-electron chi connectivity index (χ2n) is 10.3. The number of fused-ring (bicyclic) bond motifs is 3. The van der Waals surface area contributed by atoms with Gasteiger partial charge in [0, 0.05) is 16.6 Å². The molecule has 1 heterocycles. The average Bonchev–Trinajstić information content (AvgIpc) is 3.41. The second-order valence-corrected chi connectivity index (χ2v) is 10.3. The third-order valence-corrected chi connectivity index (χ3v) is 7.84. The van der Waals surface area contributed by atoms with E-state index in [4.69, 9.17) is 13.1 Å². The summed E-state index contributed by atoms with van der Waals surface area (Å²) in [7, 11) is 0. The topological polar surface area (TPSA) is 37.4 Å². The SMILES string of the molecule is [C-]#[N+]c1cc(-c2cccc(-c3cccc(-c4ccccc4)c3)c2C#N)cc(-n2c3ccccc3c3cc([N+]#[C-])ccc32)c1. The molecule has 0 bridgehead atoms. The van der Waals surface area contributed by atoms with Crippen molar-refractivity contribution in [1.29, 1.82) is 5.26 Å². The van der Waals surface area contributed by atoms with Gasteiger partial charge < -0.3 is 4.57 Å². The van der Waals surface area contributed by atoms with Gasteiger partial charge in [-0.05, 0) is 75.7 Å². The lowest BCUT2D eigenvalue weighted by Crippen LogP contribution is -1.96. The van der Waals surface area contributed by atoms with Gasteiger partial charge in [-0.3, -0.25) is 0 Å². The van der Waals surface area contributed by atoms with Crippen molar-refractivity contribution >= 4 is 33.2 Å². The Balaban J connectivity index is 1.43. The summed E-state index contributed by atoms with van der Waals surface area (Å²) in [4.78, 5) is 7.45. The van der Waals surface area contributed by atoms with Crippen molar-refractivity contribution in [2.45, 2.75) is 0 Å². The van der Waals surface area contributed by atoms with E-state index < -0.39 is 0 Å². The van der Waals surface area contributed by atoms with Gasteiger partial charge in [0.25, 0.3) is 0 Å².